The molecule has 0 saturated heterocycles. The van der Waals surface area contributed by atoms with Crippen molar-refractivity contribution in [1.82, 2.24) is 5.32 Å². The topological polar surface area (TPSA) is 12.0 Å². The molecule has 1 nitrogen and oxygen atoms in total. The SMILES string of the molecule is CCNC(CCC(F)(F)F)c1cc(Cl)ccc1C. The molecule has 0 fully saturated rings. The third kappa shape index (κ3) is 4.86. The normalized spacial score (nSPS) is 13.7. The van der Waals surface area contributed by atoms with Crippen LogP contribution < -0.4 is 5.32 Å². The van der Waals surface area contributed by atoms with Gasteiger partial charge in [-0.2, -0.15) is 13.2 Å². The van der Waals surface area contributed by atoms with Crippen LogP contribution in [0.4, 0.5) is 13.2 Å². The first kappa shape index (κ1) is 15.3. The van der Waals surface area contributed by atoms with Gasteiger partial charge < -0.3 is 5.32 Å². The quantitative estimate of drug-likeness (QED) is 0.828. The highest BCUT2D eigenvalue weighted by molar-refractivity contribution is 6.30. The lowest BCUT2D eigenvalue weighted by atomic mass is 9.97. The maximum Gasteiger partial charge on any atom is 0.389 e. The van der Waals surface area contributed by atoms with Crippen molar-refractivity contribution >= 4 is 11.6 Å². The van der Waals surface area contributed by atoms with E-state index in [4.69, 9.17) is 11.6 Å². The third-order valence-electron chi connectivity index (χ3n) is 2.78. The molecular formula is C13H17ClF3N. The van der Waals surface area contributed by atoms with Gasteiger partial charge in [0, 0.05) is 17.5 Å². The molecule has 102 valence electrons. The molecule has 0 aliphatic heterocycles. The molecule has 0 radical (unpaired) electrons. The van der Waals surface area contributed by atoms with Crippen LogP contribution in [0, 0.1) is 6.92 Å². The fourth-order valence-corrected chi connectivity index (χ4v) is 2.09. The lowest BCUT2D eigenvalue weighted by molar-refractivity contribution is -0.136. The zero-order valence-electron chi connectivity index (χ0n) is 10.4. The van der Waals surface area contributed by atoms with Crippen molar-refractivity contribution in [3.63, 3.8) is 0 Å². The molecule has 0 saturated carbocycles. The van der Waals surface area contributed by atoms with Crippen LogP contribution in [0.2, 0.25) is 5.02 Å². The van der Waals surface area contributed by atoms with Crippen LogP contribution in [0.3, 0.4) is 0 Å². The van der Waals surface area contributed by atoms with Crippen LogP contribution in [0.1, 0.15) is 36.9 Å². The van der Waals surface area contributed by atoms with Crippen LogP contribution in [-0.4, -0.2) is 12.7 Å². The molecule has 1 rings (SSSR count). The van der Waals surface area contributed by atoms with E-state index in [9.17, 15) is 13.2 Å². The molecule has 0 heterocycles. The number of benzene rings is 1. The van der Waals surface area contributed by atoms with Crippen LogP contribution in [-0.2, 0) is 0 Å². The van der Waals surface area contributed by atoms with Crippen molar-refractivity contribution in [2.75, 3.05) is 6.54 Å². The molecule has 0 spiro atoms. The predicted molar refractivity (Wildman–Crippen MR) is 67.9 cm³/mol. The number of hydrogen-bond donors (Lipinski definition) is 1. The number of halogens is 4. The standard InChI is InChI=1S/C13H17ClF3N/c1-3-18-12(6-7-13(15,16)17)11-8-10(14)5-4-9(11)2/h4-5,8,12,18H,3,6-7H2,1-2H3. The second-order valence-electron chi connectivity index (χ2n) is 4.27. The van der Waals surface area contributed by atoms with Crippen molar-refractivity contribution in [3.8, 4) is 0 Å². The Labute approximate surface area is 110 Å². The lowest BCUT2D eigenvalue weighted by Gasteiger charge is -2.21. The Morgan fingerprint density at radius 1 is 1.33 bits per heavy atom. The van der Waals surface area contributed by atoms with Gasteiger partial charge in [0.25, 0.3) is 0 Å². The van der Waals surface area contributed by atoms with Gasteiger partial charge in [-0.05, 0) is 43.1 Å². The van der Waals surface area contributed by atoms with Crippen LogP contribution in [0.25, 0.3) is 0 Å². The third-order valence-corrected chi connectivity index (χ3v) is 3.02. The molecule has 0 bridgehead atoms. The van der Waals surface area contributed by atoms with E-state index in [0.717, 1.165) is 11.1 Å². The van der Waals surface area contributed by atoms with Gasteiger partial charge in [-0.15, -0.1) is 0 Å². The molecule has 5 heteroatoms. The number of hydrogen-bond acceptors (Lipinski definition) is 1. The summed E-state index contributed by atoms with van der Waals surface area (Å²) >= 11 is 5.90. The van der Waals surface area contributed by atoms with Crippen molar-refractivity contribution in [2.24, 2.45) is 0 Å². The van der Waals surface area contributed by atoms with Crippen LogP contribution in [0.5, 0.6) is 0 Å². The Kier molecular flexibility index (Phi) is 5.47. The summed E-state index contributed by atoms with van der Waals surface area (Å²) in [6.45, 7) is 4.37. The van der Waals surface area contributed by atoms with Crippen LogP contribution >= 0.6 is 11.6 Å². The van der Waals surface area contributed by atoms with Gasteiger partial charge in [0.1, 0.15) is 0 Å². The Morgan fingerprint density at radius 3 is 2.56 bits per heavy atom. The van der Waals surface area contributed by atoms with Gasteiger partial charge in [0.2, 0.25) is 0 Å². The largest absolute Gasteiger partial charge is 0.389 e. The van der Waals surface area contributed by atoms with Crippen molar-refractivity contribution in [1.29, 1.82) is 0 Å². The molecule has 18 heavy (non-hydrogen) atoms. The highest BCUT2D eigenvalue weighted by Crippen LogP contribution is 2.30. The van der Waals surface area contributed by atoms with Gasteiger partial charge in [0.05, 0.1) is 0 Å². The molecule has 0 aromatic heterocycles. The second kappa shape index (κ2) is 6.43. The summed E-state index contributed by atoms with van der Waals surface area (Å²) < 4.78 is 36.9. The lowest BCUT2D eigenvalue weighted by Crippen LogP contribution is -2.23. The summed E-state index contributed by atoms with van der Waals surface area (Å²) in [5.41, 5.74) is 1.79. The molecule has 0 aliphatic carbocycles. The molecule has 1 atom stereocenters. The summed E-state index contributed by atoms with van der Waals surface area (Å²) in [4.78, 5) is 0. The molecule has 1 aromatic rings. The maximum atomic E-state index is 12.3. The Hall–Kier alpha value is -0.740. The van der Waals surface area contributed by atoms with Crippen molar-refractivity contribution < 1.29 is 13.2 Å². The predicted octanol–water partition coefficient (Wildman–Crippen LogP) is 4.64. The van der Waals surface area contributed by atoms with Crippen molar-refractivity contribution in [2.45, 2.75) is 38.9 Å². The van der Waals surface area contributed by atoms with Gasteiger partial charge in [-0.25, -0.2) is 0 Å². The van der Waals surface area contributed by atoms with E-state index in [0.29, 0.717) is 11.6 Å². The van der Waals surface area contributed by atoms with Crippen LogP contribution in [0.15, 0.2) is 18.2 Å². The van der Waals surface area contributed by atoms with E-state index in [1.54, 1.807) is 12.1 Å². The summed E-state index contributed by atoms with van der Waals surface area (Å²) in [5.74, 6) is 0. The van der Waals surface area contributed by atoms with Crippen molar-refractivity contribution in [3.05, 3.63) is 34.3 Å². The molecule has 1 aromatic carbocycles. The number of nitrogens with one attached hydrogen (secondary N) is 1. The first-order valence-corrected chi connectivity index (χ1v) is 6.27. The zero-order chi connectivity index (χ0) is 13.8. The molecule has 1 unspecified atom stereocenters. The van der Waals surface area contributed by atoms with E-state index in [2.05, 4.69) is 5.32 Å². The highest BCUT2D eigenvalue weighted by atomic mass is 35.5. The van der Waals surface area contributed by atoms with Gasteiger partial charge >= 0.3 is 6.18 Å². The Morgan fingerprint density at radius 2 is 2.00 bits per heavy atom. The molecule has 0 aliphatic rings. The number of aryl methyl sites for hydroxylation is 1. The summed E-state index contributed by atoms with van der Waals surface area (Å²) in [7, 11) is 0. The average Bonchev–Trinajstić information content (AvgIpc) is 2.26. The van der Waals surface area contributed by atoms with Gasteiger partial charge in [0.15, 0.2) is 0 Å². The molecule has 1 N–H and O–H groups in total. The Bertz CT molecular complexity index is 390. The Balaban J connectivity index is 2.86. The van der Waals surface area contributed by atoms with E-state index >= 15 is 0 Å². The molecular weight excluding hydrogens is 263 g/mol. The fraction of sp³-hybridized carbons (Fsp3) is 0.538. The summed E-state index contributed by atoms with van der Waals surface area (Å²) in [5, 5.41) is 3.63. The monoisotopic (exact) mass is 279 g/mol. The van der Waals surface area contributed by atoms with Gasteiger partial charge in [-0.1, -0.05) is 24.6 Å². The van der Waals surface area contributed by atoms with E-state index < -0.39 is 12.6 Å². The minimum atomic E-state index is -4.12. The minimum absolute atomic E-state index is 0.0263. The molecule has 0 amide bonds. The van der Waals surface area contributed by atoms with E-state index in [1.165, 1.54) is 0 Å². The number of rotatable bonds is 5. The first-order valence-electron chi connectivity index (χ1n) is 5.89. The maximum absolute atomic E-state index is 12.3. The van der Waals surface area contributed by atoms with E-state index in [1.807, 2.05) is 19.9 Å². The van der Waals surface area contributed by atoms with Gasteiger partial charge in [-0.3, -0.25) is 0 Å². The van der Waals surface area contributed by atoms with E-state index in [-0.39, 0.29) is 12.5 Å². The highest BCUT2D eigenvalue weighted by Gasteiger charge is 2.28. The summed E-state index contributed by atoms with van der Waals surface area (Å²) in [6.07, 6.45) is -4.89. The fourth-order valence-electron chi connectivity index (χ4n) is 1.91. The number of alkyl halides is 3. The summed E-state index contributed by atoms with van der Waals surface area (Å²) in [6, 6.07) is 5.00. The average molecular weight is 280 g/mol. The second-order valence-corrected chi connectivity index (χ2v) is 4.70. The first-order chi connectivity index (χ1) is 8.33. The minimum Gasteiger partial charge on any atom is -0.310 e. The smallest absolute Gasteiger partial charge is 0.310 e. The zero-order valence-corrected chi connectivity index (χ0v) is 11.2.